The molecule has 2 heterocycles. The molecule has 3 aromatic rings. The number of aryl methyl sites for hydroxylation is 1. The fourth-order valence-corrected chi connectivity index (χ4v) is 4.53. The van der Waals surface area contributed by atoms with Crippen LogP contribution in [0.5, 0.6) is 5.75 Å². The molecule has 0 radical (unpaired) electrons. The molecule has 1 N–H and O–H groups in total. The van der Waals surface area contributed by atoms with Crippen LogP contribution in [0.2, 0.25) is 0 Å². The topological polar surface area (TPSA) is 56.3 Å². The SMILES string of the molecule is FC(F)(F)c1cccc(CCCCCCOc2ccc(-c3nnc(C4CON4)s3)cc2C(F)(F)F)c1. The summed E-state index contributed by atoms with van der Waals surface area (Å²) in [5.41, 5.74) is 2.05. The molecule has 1 atom stereocenters. The molecule has 5 nitrogen and oxygen atoms in total. The van der Waals surface area contributed by atoms with Crippen LogP contribution < -0.4 is 10.2 Å². The minimum Gasteiger partial charge on any atom is -0.493 e. The molecule has 1 aliphatic rings. The number of ether oxygens (including phenoxy) is 1. The summed E-state index contributed by atoms with van der Waals surface area (Å²) in [6.07, 6.45) is -5.86. The Labute approximate surface area is 207 Å². The first kappa shape index (κ1) is 26.4. The van der Waals surface area contributed by atoms with Crippen LogP contribution >= 0.6 is 11.3 Å². The maximum Gasteiger partial charge on any atom is 0.419 e. The lowest BCUT2D eigenvalue weighted by molar-refractivity contribution is -0.139. The molecule has 0 spiro atoms. The highest BCUT2D eigenvalue weighted by molar-refractivity contribution is 7.14. The summed E-state index contributed by atoms with van der Waals surface area (Å²) in [4.78, 5) is 4.87. The third-order valence-electron chi connectivity index (χ3n) is 5.62. The summed E-state index contributed by atoms with van der Waals surface area (Å²) < 4.78 is 84.8. The third kappa shape index (κ3) is 6.74. The molecule has 4 rings (SSSR count). The van der Waals surface area contributed by atoms with Gasteiger partial charge in [0.05, 0.1) is 24.3 Å². The van der Waals surface area contributed by atoms with Crippen LogP contribution in [-0.4, -0.2) is 23.4 Å². The summed E-state index contributed by atoms with van der Waals surface area (Å²) in [5, 5.41) is 9.01. The second-order valence-corrected chi connectivity index (χ2v) is 9.36. The fraction of sp³-hybridized carbons (Fsp3) is 0.417. The first-order chi connectivity index (χ1) is 17.1. The van der Waals surface area contributed by atoms with Gasteiger partial charge in [-0.05, 0) is 49.1 Å². The van der Waals surface area contributed by atoms with E-state index in [1.807, 2.05) is 0 Å². The van der Waals surface area contributed by atoms with Crippen LogP contribution in [-0.2, 0) is 23.6 Å². The van der Waals surface area contributed by atoms with Crippen LogP contribution in [0.25, 0.3) is 10.6 Å². The van der Waals surface area contributed by atoms with Crippen molar-refractivity contribution in [2.45, 2.75) is 50.5 Å². The Kier molecular flexibility index (Phi) is 8.16. The van der Waals surface area contributed by atoms with Crippen LogP contribution in [0.4, 0.5) is 26.3 Å². The standard InChI is InChI=1S/C24H23F6N3O2S/c25-23(26,27)17-8-5-7-15(12-17)6-3-1-2-4-11-34-20-10-9-16(13-18(20)24(28,29)30)21-31-32-22(36-21)19-14-35-33-19/h5,7-10,12-13,19,33H,1-4,6,11,14H2. The predicted molar refractivity (Wildman–Crippen MR) is 121 cm³/mol. The number of hydroxylamine groups is 1. The largest absolute Gasteiger partial charge is 0.493 e. The molecule has 194 valence electrons. The highest BCUT2D eigenvalue weighted by atomic mass is 32.1. The first-order valence-electron chi connectivity index (χ1n) is 11.3. The highest BCUT2D eigenvalue weighted by Crippen LogP contribution is 2.40. The molecule has 0 saturated carbocycles. The number of aromatic nitrogens is 2. The lowest BCUT2D eigenvalue weighted by Gasteiger charge is -2.24. The summed E-state index contributed by atoms with van der Waals surface area (Å²) >= 11 is 1.20. The summed E-state index contributed by atoms with van der Waals surface area (Å²) in [6.45, 7) is 0.531. The van der Waals surface area contributed by atoms with Gasteiger partial charge in [0.25, 0.3) is 0 Å². The molecule has 12 heteroatoms. The number of hydrogen-bond acceptors (Lipinski definition) is 6. The molecule has 1 aromatic heterocycles. The van der Waals surface area contributed by atoms with Crippen LogP contribution in [0.1, 0.15) is 53.4 Å². The minimum absolute atomic E-state index is 0.0995. The van der Waals surface area contributed by atoms with Crippen molar-refractivity contribution < 1.29 is 35.9 Å². The molecule has 0 aliphatic carbocycles. The van der Waals surface area contributed by atoms with Crippen molar-refractivity contribution in [1.82, 2.24) is 15.7 Å². The number of halogens is 6. The Balaban J connectivity index is 1.26. The van der Waals surface area contributed by atoms with E-state index in [-0.39, 0.29) is 18.4 Å². The maximum absolute atomic E-state index is 13.7. The number of unbranched alkanes of at least 4 members (excludes halogenated alkanes) is 3. The summed E-state index contributed by atoms with van der Waals surface area (Å²) in [6, 6.07) is 8.95. The second-order valence-electron chi connectivity index (χ2n) is 8.35. The molecule has 1 unspecified atom stereocenters. The number of benzene rings is 2. The van der Waals surface area contributed by atoms with Crippen molar-refractivity contribution in [3.8, 4) is 16.3 Å². The van der Waals surface area contributed by atoms with E-state index >= 15 is 0 Å². The van der Waals surface area contributed by atoms with Gasteiger partial charge in [0.2, 0.25) is 0 Å². The van der Waals surface area contributed by atoms with E-state index in [4.69, 9.17) is 9.57 Å². The summed E-state index contributed by atoms with van der Waals surface area (Å²) in [5.74, 6) is -0.256. The van der Waals surface area contributed by atoms with Gasteiger partial charge in [-0.1, -0.05) is 42.4 Å². The van der Waals surface area contributed by atoms with Crippen molar-refractivity contribution in [3.63, 3.8) is 0 Å². The van der Waals surface area contributed by atoms with Crippen LogP contribution in [0, 0.1) is 0 Å². The maximum atomic E-state index is 13.7. The Bertz CT molecular complexity index is 1160. The van der Waals surface area contributed by atoms with E-state index in [9.17, 15) is 26.3 Å². The predicted octanol–water partition coefficient (Wildman–Crippen LogP) is 7.00. The lowest BCUT2D eigenvalue weighted by atomic mass is 10.0. The van der Waals surface area contributed by atoms with Crippen molar-refractivity contribution in [2.24, 2.45) is 0 Å². The van der Waals surface area contributed by atoms with E-state index in [1.165, 1.54) is 29.5 Å². The number of hydrogen-bond donors (Lipinski definition) is 1. The molecule has 2 aromatic carbocycles. The number of nitrogens with zero attached hydrogens (tertiary/aromatic N) is 2. The van der Waals surface area contributed by atoms with E-state index < -0.39 is 23.5 Å². The molecule has 36 heavy (non-hydrogen) atoms. The zero-order valence-electron chi connectivity index (χ0n) is 19.0. The van der Waals surface area contributed by atoms with E-state index in [0.717, 1.165) is 24.6 Å². The van der Waals surface area contributed by atoms with E-state index in [0.29, 0.717) is 53.4 Å². The molecule has 0 amide bonds. The summed E-state index contributed by atoms with van der Waals surface area (Å²) in [7, 11) is 0. The van der Waals surface area contributed by atoms with Crippen molar-refractivity contribution in [1.29, 1.82) is 0 Å². The second kappa shape index (κ2) is 11.1. The average molecular weight is 532 g/mol. The van der Waals surface area contributed by atoms with Gasteiger partial charge in [-0.2, -0.15) is 31.8 Å². The van der Waals surface area contributed by atoms with Crippen molar-refractivity contribution in [3.05, 3.63) is 64.2 Å². The normalized spacial score (nSPS) is 16.1. The quantitative estimate of drug-likeness (QED) is 0.226. The number of rotatable bonds is 10. The van der Waals surface area contributed by atoms with Crippen LogP contribution in [0.3, 0.4) is 0 Å². The Morgan fingerprint density at radius 2 is 1.72 bits per heavy atom. The molecule has 1 aliphatic heterocycles. The molecule has 1 saturated heterocycles. The van der Waals surface area contributed by atoms with Gasteiger partial charge in [-0.15, -0.1) is 10.2 Å². The van der Waals surface area contributed by atoms with Gasteiger partial charge in [-0.3, -0.25) is 4.84 Å². The highest BCUT2D eigenvalue weighted by Gasteiger charge is 2.35. The van der Waals surface area contributed by atoms with Crippen molar-refractivity contribution in [2.75, 3.05) is 13.2 Å². The zero-order chi connectivity index (χ0) is 25.8. The Morgan fingerprint density at radius 3 is 2.42 bits per heavy atom. The molecular weight excluding hydrogens is 508 g/mol. The average Bonchev–Trinajstić information content (AvgIpc) is 3.25. The van der Waals surface area contributed by atoms with Gasteiger partial charge in [0.15, 0.2) is 0 Å². The van der Waals surface area contributed by atoms with Gasteiger partial charge >= 0.3 is 12.4 Å². The fourth-order valence-electron chi connectivity index (χ4n) is 3.66. The molecular formula is C24H23F6N3O2S. The van der Waals surface area contributed by atoms with Crippen LogP contribution in [0.15, 0.2) is 42.5 Å². The smallest absolute Gasteiger partial charge is 0.419 e. The Hall–Kier alpha value is -2.70. The first-order valence-corrected chi connectivity index (χ1v) is 12.1. The molecule has 0 bridgehead atoms. The van der Waals surface area contributed by atoms with Gasteiger partial charge in [0.1, 0.15) is 21.8 Å². The number of alkyl halides is 6. The van der Waals surface area contributed by atoms with Gasteiger partial charge < -0.3 is 4.74 Å². The molecule has 1 fully saturated rings. The Morgan fingerprint density at radius 1 is 0.944 bits per heavy atom. The van der Waals surface area contributed by atoms with Gasteiger partial charge in [0, 0.05) is 5.56 Å². The van der Waals surface area contributed by atoms with Gasteiger partial charge in [-0.25, -0.2) is 0 Å². The monoisotopic (exact) mass is 531 g/mol. The minimum atomic E-state index is -4.60. The van der Waals surface area contributed by atoms with E-state index in [2.05, 4.69) is 15.7 Å². The zero-order valence-corrected chi connectivity index (χ0v) is 19.8. The third-order valence-corrected chi connectivity index (χ3v) is 6.70. The van der Waals surface area contributed by atoms with E-state index in [1.54, 1.807) is 6.07 Å². The number of nitrogens with one attached hydrogen (secondary N) is 1. The lowest BCUT2D eigenvalue weighted by Crippen LogP contribution is -2.37. The van der Waals surface area contributed by atoms with Crippen molar-refractivity contribution >= 4 is 11.3 Å².